The van der Waals surface area contributed by atoms with Gasteiger partial charge in [0, 0.05) is 18.9 Å². The first-order valence-electron chi connectivity index (χ1n) is 6.49. The number of aromatic nitrogens is 2. The average molecular weight is 260 g/mol. The van der Waals surface area contributed by atoms with Crippen molar-refractivity contribution in [2.75, 3.05) is 13.2 Å². The summed E-state index contributed by atoms with van der Waals surface area (Å²) >= 11 is 0. The topological polar surface area (TPSA) is 68.4 Å². The van der Waals surface area contributed by atoms with Crippen molar-refractivity contribution in [3.63, 3.8) is 0 Å². The fourth-order valence-corrected chi connectivity index (χ4v) is 2.19. The van der Waals surface area contributed by atoms with E-state index in [1.807, 2.05) is 12.1 Å². The summed E-state index contributed by atoms with van der Waals surface area (Å²) in [5.41, 5.74) is 1.14. The van der Waals surface area contributed by atoms with Crippen LogP contribution in [-0.4, -0.2) is 28.5 Å². The molecule has 1 fully saturated rings. The van der Waals surface area contributed by atoms with Gasteiger partial charge < -0.3 is 14.4 Å². The highest BCUT2D eigenvalue weighted by Gasteiger charge is 2.22. The quantitative estimate of drug-likeness (QED) is 0.911. The lowest BCUT2D eigenvalue weighted by Gasteiger charge is -1.99. The largest absolute Gasteiger partial charge is 0.508 e. The summed E-state index contributed by atoms with van der Waals surface area (Å²) in [5, 5.41) is 13.2. The van der Waals surface area contributed by atoms with E-state index < -0.39 is 0 Å². The van der Waals surface area contributed by atoms with Crippen LogP contribution in [0, 0.1) is 0 Å². The Bertz CT molecular complexity index is 530. The Hall–Kier alpha value is -1.88. The highest BCUT2D eigenvalue weighted by Crippen LogP contribution is 2.22. The first-order chi connectivity index (χ1) is 9.31. The first-order valence-corrected chi connectivity index (χ1v) is 6.49. The monoisotopic (exact) mass is 260 g/mol. The molecule has 0 spiro atoms. The maximum absolute atomic E-state index is 9.21. The molecular weight excluding hydrogens is 244 g/mol. The van der Waals surface area contributed by atoms with Crippen LogP contribution < -0.4 is 0 Å². The maximum atomic E-state index is 9.21. The smallest absolute Gasteiger partial charge is 0.226 e. The summed E-state index contributed by atoms with van der Waals surface area (Å²) in [7, 11) is 0. The first kappa shape index (κ1) is 12.2. The van der Waals surface area contributed by atoms with Crippen LogP contribution in [-0.2, 0) is 17.6 Å². The van der Waals surface area contributed by atoms with Crippen LogP contribution >= 0.6 is 0 Å². The summed E-state index contributed by atoms with van der Waals surface area (Å²) in [6.45, 7) is 1.47. The summed E-state index contributed by atoms with van der Waals surface area (Å²) in [6, 6.07) is 7.17. The predicted octanol–water partition coefficient (Wildman–Crippen LogP) is 2.06. The lowest BCUT2D eigenvalue weighted by atomic mass is 10.1. The van der Waals surface area contributed by atoms with Gasteiger partial charge in [0.15, 0.2) is 5.82 Å². The molecule has 5 heteroatoms. The second kappa shape index (κ2) is 5.40. The molecule has 3 rings (SSSR count). The Morgan fingerprint density at radius 1 is 1.21 bits per heavy atom. The van der Waals surface area contributed by atoms with E-state index in [1.165, 1.54) is 0 Å². The van der Waals surface area contributed by atoms with Gasteiger partial charge in [-0.05, 0) is 30.5 Å². The molecule has 100 valence electrons. The number of ether oxygens (including phenoxy) is 1. The molecule has 0 amide bonds. The lowest BCUT2D eigenvalue weighted by Crippen LogP contribution is -2.00. The zero-order valence-electron chi connectivity index (χ0n) is 10.6. The maximum Gasteiger partial charge on any atom is 0.226 e. The molecule has 1 saturated heterocycles. The zero-order chi connectivity index (χ0) is 13.1. The van der Waals surface area contributed by atoms with Gasteiger partial charge in [0.25, 0.3) is 0 Å². The summed E-state index contributed by atoms with van der Waals surface area (Å²) in [6.07, 6.45) is 2.51. The van der Waals surface area contributed by atoms with Crippen molar-refractivity contribution < 1.29 is 14.4 Å². The van der Waals surface area contributed by atoms with E-state index in [4.69, 9.17) is 9.26 Å². The van der Waals surface area contributed by atoms with Gasteiger partial charge >= 0.3 is 0 Å². The highest BCUT2D eigenvalue weighted by molar-refractivity contribution is 5.26. The molecule has 1 aromatic heterocycles. The zero-order valence-corrected chi connectivity index (χ0v) is 10.6. The standard InChI is InChI=1S/C14H16N2O3/c17-12-4-1-10(2-5-12)3-6-13-15-14(16-19-13)11-7-8-18-9-11/h1-2,4-5,11,17H,3,6-9H2. The van der Waals surface area contributed by atoms with Crippen LogP contribution in [0.5, 0.6) is 5.75 Å². The minimum absolute atomic E-state index is 0.282. The van der Waals surface area contributed by atoms with E-state index >= 15 is 0 Å². The molecule has 5 nitrogen and oxygen atoms in total. The fourth-order valence-electron chi connectivity index (χ4n) is 2.19. The van der Waals surface area contributed by atoms with Crippen molar-refractivity contribution in [2.45, 2.75) is 25.2 Å². The number of hydrogen-bond acceptors (Lipinski definition) is 5. The van der Waals surface area contributed by atoms with E-state index in [0.717, 1.165) is 30.8 Å². The van der Waals surface area contributed by atoms with Crippen molar-refractivity contribution in [3.8, 4) is 5.75 Å². The fraction of sp³-hybridized carbons (Fsp3) is 0.429. The third-order valence-electron chi connectivity index (χ3n) is 3.34. The molecule has 0 radical (unpaired) electrons. The van der Waals surface area contributed by atoms with Gasteiger partial charge in [0.05, 0.1) is 6.61 Å². The molecule has 0 bridgehead atoms. The number of aromatic hydroxyl groups is 1. The normalized spacial score (nSPS) is 18.8. The van der Waals surface area contributed by atoms with E-state index in [-0.39, 0.29) is 11.7 Å². The molecule has 19 heavy (non-hydrogen) atoms. The van der Waals surface area contributed by atoms with Crippen LogP contribution in [0.25, 0.3) is 0 Å². The Balaban J connectivity index is 1.59. The van der Waals surface area contributed by atoms with Gasteiger partial charge in [-0.3, -0.25) is 0 Å². The Morgan fingerprint density at radius 3 is 2.79 bits per heavy atom. The van der Waals surface area contributed by atoms with Gasteiger partial charge in [-0.2, -0.15) is 4.98 Å². The van der Waals surface area contributed by atoms with Crippen LogP contribution in [0.1, 0.15) is 29.6 Å². The number of phenols is 1. The predicted molar refractivity (Wildman–Crippen MR) is 68.0 cm³/mol. The van der Waals surface area contributed by atoms with Gasteiger partial charge in [-0.15, -0.1) is 0 Å². The minimum Gasteiger partial charge on any atom is -0.508 e. The number of aryl methyl sites for hydroxylation is 2. The number of phenolic OH excluding ortho intramolecular Hbond substituents is 1. The van der Waals surface area contributed by atoms with Gasteiger partial charge in [-0.1, -0.05) is 17.3 Å². The van der Waals surface area contributed by atoms with Crippen LogP contribution in [0.15, 0.2) is 28.8 Å². The van der Waals surface area contributed by atoms with Gasteiger partial charge in [-0.25, -0.2) is 0 Å². The van der Waals surface area contributed by atoms with Crippen molar-refractivity contribution in [2.24, 2.45) is 0 Å². The molecule has 1 N–H and O–H groups in total. The molecule has 1 atom stereocenters. The third kappa shape index (κ3) is 2.93. The van der Waals surface area contributed by atoms with Crippen LogP contribution in [0.3, 0.4) is 0 Å². The Morgan fingerprint density at radius 2 is 2.05 bits per heavy atom. The Labute approximate surface area is 111 Å². The Kier molecular flexibility index (Phi) is 3.46. The number of hydrogen-bond donors (Lipinski definition) is 1. The van der Waals surface area contributed by atoms with Gasteiger partial charge in [0.1, 0.15) is 5.75 Å². The van der Waals surface area contributed by atoms with Crippen molar-refractivity contribution in [1.82, 2.24) is 10.1 Å². The van der Waals surface area contributed by atoms with E-state index in [1.54, 1.807) is 12.1 Å². The molecule has 1 aliphatic heterocycles. The molecule has 1 unspecified atom stereocenters. The molecule has 0 aliphatic carbocycles. The summed E-state index contributed by atoms with van der Waals surface area (Å²) < 4.78 is 10.6. The molecule has 2 heterocycles. The highest BCUT2D eigenvalue weighted by atomic mass is 16.5. The lowest BCUT2D eigenvalue weighted by molar-refractivity contribution is 0.192. The van der Waals surface area contributed by atoms with Crippen molar-refractivity contribution in [3.05, 3.63) is 41.5 Å². The summed E-state index contributed by atoms with van der Waals surface area (Å²) in [5.74, 6) is 1.99. The van der Waals surface area contributed by atoms with Crippen molar-refractivity contribution >= 4 is 0 Å². The van der Waals surface area contributed by atoms with Crippen LogP contribution in [0.4, 0.5) is 0 Å². The minimum atomic E-state index is 0.282. The van der Waals surface area contributed by atoms with Crippen molar-refractivity contribution in [1.29, 1.82) is 0 Å². The number of rotatable bonds is 4. The molecule has 1 aromatic carbocycles. The number of benzene rings is 1. The van der Waals surface area contributed by atoms with Gasteiger partial charge in [0.2, 0.25) is 5.89 Å². The van der Waals surface area contributed by atoms with E-state index in [2.05, 4.69) is 10.1 Å². The molecular formula is C14H16N2O3. The third-order valence-corrected chi connectivity index (χ3v) is 3.34. The molecule has 1 aliphatic rings. The average Bonchev–Trinajstić information content (AvgIpc) is 3.09. The second-order valence-electron chi connectivity index (χ2n) is 4.77. The SMILES string of the molecule is Oc1ccc(CCc2nc(C3CCOC3)no2)cc1. The second-order valence-corrected chi connectivity index (χ2v) is 4.77. The summed E-state index contributed by atoms with van der Waals surface area (Å²) in [4.78, 5) is 4.42. The number of nitrogens with zero attached hydrogens (tertiary/aromatic N) is 2. The van der Waals surface area contributed by atoms with E-state index in [0.29, 0.717) is 18.9 Å². The van der Waals surface area contributed by atoms with Crippen LogP contribution in [0.2, 0.25) is 0 Å². The molecule has 2 aromatic rings. The van der Waals surface area contributed by atoms with E-state index in [9.17, 15) is 5.11 Å². The molecule has 0 saturated carbocycles.